The zero-order valence-electron chi connectivity index (χ0n) is 14.8. The Balaban J connectivity index is 2.94. The number of hydrogen-bond donors (Lipinski definition) is 0. The molecule has 0 aromatic carbocycles. The van der Waals surface area contributed by atoms with Crippen LogP contribution in [0.25, 0.3) is 0 Å². The zero-order valence-corrected chi connectivity index (χ0v) is 15.7. The van der Waals surface area contributed by atoms with Crippen LogP contribution in [-0.2, 0) is 14.2 Å². The molecular formula is C15H26N2O5S. The van der Waals surface area contributed by atoms with Crippen LogP contribution in [0.15, 0.2) is 0 Å². The molecule has 23 heavy (non-hydrogen) atoms. The van der Waals surface area contributed by atoms with Crippen LogP contribution in [0.2, 0.25) is 0 Å². The van der Waals surface area contributed by atoms with Crippen molar-refractivity contribution in [2.24, 2.45) is 0 Å². The highest BCUT2D eigenvalue weighted by molar-refractivity contribution is 7.80. The SMILES string of the molecule is COC1CN(C(=O)OC(C)(C)C)C(=S)N(C(=O)OC(C)(C)C)C1. The maximum absolute atomic E-state index is 12.3. The summed E-state index contributed by atoms with van der Waals surface area (Å²) in [5.41, 5.74) is -1.33. The summed E-state index contributed by atoms with van der Waals surface area (Å²) in [7, 11) is 1.51. The first kappa shape index (κ1) is 19.6. The smallest absolute Gasteiger partial charge is 0.416 e. The molecule has 0 aliphatic carbocycles. The van der Waals surface area contributed by atoms with Crippen LogP contribution in [-0.4, -0.2) is 64.6 Å². The van der Waals surface area contributed by atoms with Crippen molar-refractivity contribution in [2.45, 2.75) is 58.8 Å². The van der Waals surface area contributed by atoms with Crippen molar-refractivity contribution in [3.63, 3.8) is 0 Å². The molecule has 0 saturated carbocycles. The molecule has 1 heterocycles. The molecular weight excluding hydrogens is 320 g/mol. The molecule has 0 spiro atoms. The third-order valence-corrected chi connectivity index (χ3v) is 3.24. The van der Waals surface area contributed by atoms with E-state index >= 15 is 0 Å². The minimum Gasteiger partial charge on any atom is -0.443 e. The van der Waals surface area contributed by atoms with Gasteiger partial charge in [-0.15, -0.1) is 0 Å². The van der Waals surface area contributed by atoms with Crippen LogP contribution < -0.4 is 0 Å². The molecule has 0 radical (unpaired) electrons. The number of rotatable bonds is 1. The van der Waals surface area contributed by atoms with Crippen molar-refractivity contribution in [1.29, 1.82) is 0 Å². The van der Waals surface area contributed by atoms with Crippen molar-refractivity contribution >= 4 is 29.5 Å². The van der Waals surface area contributed by atoms with E-state index in [1.165, 1.54) is 16.9 Å². The number of hydrogen-bond acceptors (Lipinski definition) is 6. The summed E-state index contributed by atoms with van der Waals surface area (Å²) in [6, 6.07) is 0. The van der Waals surface area contributed by atoms with Gasteiger partial charge in [-0.05, 0) is 53.8 Å². The summed E-state index contributed by atoms with van der Waals surface area (Å²) in [5.74, 6) is 0. The Hall–Kier alpha value is -1.41. The molecule has 1 rings (SSSR count). The van der Waals surface area contributed by atoms with E-state index in [4.69, 9.17) is 26.4 Å². The van der Waals surface area contributed by atoms with Crippen LogP contribution in [0.3, 0.4) is 0 Å². The van der Waals surface area contributed by atoms with Gasteiger partial charge < -0.3 is 14.2 Å². The second-order valence-corrected chi connectivity index (χ2v) is 7.69. The lowest BCUT2D eigenvalue weighted by Crippen LogP contribution is -2.60. The Morgan fingerprint density at radius 3 is 1.57 bits per heavy atom. The molecule has 1 aliphatic heterocycles. The molecule has 0 atom stereocenters. The lowest BCUT2D eigenvalue weighted by Gasteiger charge is -2.40. The van der Waals surface area contributed by atoms with E-state index in [0.717, 1.165) is 0 Å². The molecule has 0 unspecified atom stereocenters. The van der Waals surface area contributed by atoms with Gasteiger partial charge in [0.05, 0.1) is 19.2 Å². The van der Waals surface area contributed by atoms with Gasteiger partial charge in [0.25, 0.3) is 0 Å². The van der Waals surface area contributed by atoms with E-state index in [1.54, 1.807) is 41.5 Å². The summed E-state index contributed by atoms with van der Waals surface area (Å²) >= 11 is 5.27. The van der Waals surface area contributed by atoms with Crippen LogP contribution in [0, 0.1) is 0 Å². The Morgan fingerprint density at radius 1 is 0.957 bits per heavy atom. The first-order valence-electron chi connectivity index (χ1n) is 7.42. The number of carbonyl (C=O) groups excluding carboxylic acids is 2. The average Bonchev–Trinajstić information content (AvgIpc) is 2.34. The predicted molar refractivity (Wildman–Crippen MR) is 89.3 cm³/mol. The fourth-order valence-corrected chi connectivity index (χ4v) is 2.15. The predicted octanol–water partition coefficient (Wildman–Crippen LogP) is 2.77. The third kappa shape index (κ3) is 5.95. The quantitative estimate of drug-likeness (QED) is 0.680. The standard InChI is InChI=1S/C15H26N2O5S/c1-14(2,3)21-12(18)16-8-10(20-7)9-17(11(16)23)13(19)22-15(4,5)6/h10H,8-9H2,1-7H3. The Kier molecular flexibility index (Phi) is 5.98. The van der Waals surface area contributed by atoms with Crippen LogP contribution in [0.5, 0.6) is 0 Å². The molecule has 0 bridgehead atoms. The number of ether oxygens (including phenoxy) is 3. The lowest BCUT2D eigenvalue weighted by atomic mass is 10.2. The van der Waals surface area contributed by atoms with Gasteiger partial charge in [0, 0.05) is 7.11 Å². The maximum Gasteiger partial charge on any atom is 0.416 e. The molecule has 8 heteroatoms. The number of thiocarbonyl (C=S) groups is 1. The highest BCUT2D eigenvalue weighted by Gasteiger charge is 2.39. The molecule has 1 saturated heterocycles. The van der Waals surface area contributed by atoms with Gasteiger partial charge in [-0.3, -0.25) is 9.80 Å². The molecule has 0 aromatic rings. The van der Waals surface area contributed by atoms with E-state index in [9.17, 15) is 9.59 Å². The van der Waals surface area contributed by atoms with Gasteiger partial charge in [0.2, 0.25) is 0 Å². The summed E-state index contributed by atoms with van der Waals surface area (Å²) in [5, 5.41) is 0.0572. The van der Waals surface area contributed by atoms with Crippen LogP contribution >= 0.6 is 12.2 Å². The van der Waals surface area contributed by atoms with Crippen molar-refractivity contribution in [3.8, 4) is 0 Å². The molecule has 0 aromatic heterocycles. The average molecular weight is 346 g/mol. The first-order chi connectivity index (χ1) is 10.3. The van der Waals surface area contributed by atoms with Gasteiger partial charge >= 0.3 is 12.2 Å². The number of carbonyl (C=O) groups is 2. The van der Waals surface area contributed by atoms with Gasteiger partial charge in [-0.2, -0.15) is 0 Å². The second kappa shape index (κ2) is 7.00. The Bertz CT molecular complexity index is 441. The highest BCUT2D eigenvalue weighted by atomic mass is 32.1. The van der Waals surface area contributed by atoms with Gasteiger partial charge in [0.15, 0.2) is 5.11 Å². The maximum atomic E-state index is 12.3. The molecule has 7 nitrogen and oxygen atoms in total. The van der Waals surface area contributed by atoms with E-state index < -0.39 is 23.4 Å². The topological polar surface area (TPSA) is 68.3 Å². The normalized spacial score (nSPS) is 17.3. The van der Waals surface area contributed by atoms with Crippen molar-refractivity contribution < 1.29 is 23.8 Å². The largest absolute Gasteiger partial charge is 0.443 e. The summed E-state index contributed by atoms with van der Waals surface area (Å²) in [6.45, 7) is 11.0. The molecule has 2 amide bonds. The number of nitrogens with zero attached hydrogens (tertiary/aromatic N) is 2. The fraction of sp³-hybridized carbons (Fsp3) is 0.800. The Labute approximate surface area is 142 Å². The lowest BCUT2D eigenvalue weighted by molar-refractivity contribution is -0.00460. The van der Waals surface area contributed by atoms with E-state index in [2.05, 4.69) is 0 Å². The van der Waals surface area contributed by atoms with Crippen molar-refractivity contribution in [3.05, 3.63) is 0 Å². The number of methoxy groups -OCH3 is 1. The second-order valence-electron chi connectivity index (χ2n) is 7.32. The fourth-order valence-electron chi connectivity index (χ4n) is 1.86. The summed E-state index contributed by atoms with van der Waals surface area (Å²) in [6.07, 6.45) is -1.60. The van der Waals surface area contributed by atoms with E-state index in [1.807, 2.05) is 0 Å². The van der Waals surface area contributed by atoms with Crippen LogP contribution in [0.1, 0.15) is 41.5 Å². The minimum absolute atomic E-state index is 0.0572. The summed E-state index contributed by atoms with van der Waals surface area (Å²) in [4.78, 5) is 27.1. The van der Waals surface area contributed by atoms with Gasteiger partial charge in [-0.25, -0.2) is 9.59 Å². The van der Waals surface area contributed by atoms with Crippen LogP contribution in [0.4, 0.5) is 9.59 Å². The van der Waals surface area contributed by atoms with Crippen molar-refractivity contribution in [1.82, 2.24) is 9.80 Å². The third-order valence-electron chi connectivity index (χ3n) is 2.80. The molecule has 1 fully saturated rings. The zero-order chi connectivity index (χ0) is 18.0. The summed E-state index contributed by atoms with van der Waals surface area (Å²) < 4.78 is 16.0. The van der Waals surface area contributed by atoms with Gasteiger partial charge in [0.1, 0.15) is 11.2 Å². The van der Waals surface area contributed by atoms with Crippen molar-refractivity contribution in [2.75, 3.05) is 20.2 Å². The monoisotopic (exact) mass is 346 g/mol. The Morgan fingerprint density at radius 2 is 1.30 bits per heavy atom. The molecule has 0 N–H and O–H groups in total. The minimum atomic E-state index is -0.663. The van der Waals surface area contributed by atoms with E-state index in [0.29, 0.717) is 0 Å². The van der Waals surface area contributed by atoms with E-state index in [-0.39, 0.29) is 24.3 Å². The number of amides is 2. The first-order valence-corrected chi connectivity index (χ1v) is 7.82. The molecule has 132 valence electrons. The molecule has 1 aliphatic rings. The van der Waals surface area contributed by atoms with Gasteiger partial charge in [-0.1, -0.05) is 0 Å². The highest BCUT2D eigenvalue weighted by Crippen LogP contribution is 2.19.